The molecule has 0 unspecified atom stereocenters. The minimum atomic E-state index is -0.493. The number of thioether (sulfide) groups is 1. The van der Waals surface area contributed by atoms with E-state index in [0.717, 1.165) is 4.90 Å². The first-order chi connectivity index (χ1) is 8.08. The zero-order chi connectivity index (χ0) is 12.4. The van der Waals surface area contributed by atoms with E-state index in [0.29, 0.717) is 24.0 Å². The maximum Gasteiger partial charge on any atom is 0.270 e. The van der Waals surface area contributed by atoms with Crippen molar-refractivity contribution >= 4 is 23.2 Å². The first-order valence-electron chi connectivity index (χ1n) is 5.11. The van der Waals surface area contributed by atoms with Crippen LogP contribution in [0.4, 0.5) is 5.69 Å². The average molecular weight is 253 g/mol. The molecule has 1 heterocycles. The van der Waals surface area contributed by atoms with Crippen molar-refractivity contribution in [2.45, 2.75) is 17.1 Å². The molecule has 0 spiro atoms. The molecule has 0 N–H and O–H groups in total. The number of nitro groups is 1. The van der Waals surface area contributed by atoms with Crippen molar-refractivity contribution in [3.05, 3.63) is 33.9 Å². The van der Waals surface area contributed by atoms with Gasteiger partial charge in [-0.1, -0.05) is 0 Å². The van der Waals surface area contributed by atoms with Gasteiger partial charge in [0.2, 0.25) is 0 Å². The van der Waals surface area contributed by atoms with Crippen molar-refractivity contribution in [1.82, 2.24) is 0 Å². The number of rotatable bonds is 4. The largest absolute Gasteiger partial charge is 0.379 e. The van der Waals surface area contributed by atoms with Crippen molar-refractivity contribution in [1.29, 1.82) is 0 Å². The molecule has 1 aromatic rings. The van der Waals surface area contributed by atoms with Gasteiger partial charge in [0.25, 0.3) is 5.69 Å². The highest BCUT2D eigenvalue weighted by atomic mass is 32.2. The molecule has 90 valence electrons. The van der Waals surface area contributed by atoms with Gasteiger partial charge in [0.1, 0.15) is 0 Å². The Hall–Kier alpha value is -1.40. The van der Waals surface area contributed by atoms with Gasteiger partial charge in [0.15, 0.2) is 5.78 Å². The molecule has 1 aromatic carbocycles. The van der Waals surface area contributed by atoms with Gasteiger partial charge in [-0.15, -0.1) is 11.8 Å². The topological polar surface area (TPSA) is 69.4 Å². The quantitative estimate of drug-likeness (QED) is 0.468. The molecule has 17 heavy (non-hydrogen) atoms. The van der Waals surface area contributed by atoms with E-state index in [1.54, 1.807) is 6.07 Å². The van der Waals surface area contributed by atoms with Gasteiger partial charge in [-0.05, 0) is 13.0 Å². The highest BCUT2D eigenvalue weighted by molar-refractivity contribution is 8.00. The number of hydrogen-bond donors (Lipinski definition) is 0. The Labute approximate surface area is 102 Å². The van der Waals surface area contributed by atoms with Crippen LogP contribution in [-0.4, -0.2) is 29.2 Å². The molecule has 0 atom stereocenters. The van der Waals surface area contributed by atoms with E-state index < -0.39 is 4.92 Å². The van der Waals surface area contributed by atoms with Gasteiger partial charge in [-0.2, -0.15) is 0 Å². The second kappa shape index (κ2) is 4.85. The van der Waals surface area contributed by atoms with Crippen molar-refractivity contribution < 1.29 is 14.5 Å². The van der Waals surface area contributed by atoms with Crippen LogP contribution >= 0.6 is 11.8 Å². The molecular formula is C11H11NO4S. The number of ketones is 1. The van der Waals surface area contributed by atoms with E-state index in [1.165, 1.54) is 30.8 Å². The van der Waals surface area contributed by atoms with Gasteiger partial charge in [0, 0.05) is 22.6 Å². The molecular weight excluding hydrogens is 242 g/mol. The monoisotopic (exact) mass is 253 g/mol. The lowest BCUT2D eigenvalue weighted by Crippen LogP contribution is -2.30. The van der Waals surface area contributed by atoms with Gasteiger partial charge in [0.05, 0.1) is 23.4 Å². The van der Waals surface area contributed by atoms with Crippen molar-refractivity contribution in [3.63, 3.8) is 0 Å². The normalized spacial score (nSPS) is 15.4. The summed E-state index contributed by atoms with van der Waals surface area (Å²) < 4.78 is 5.06. The number of non-ortho nitro benzene ring substituents is 1. The fraction of sp³-hybridized carbons (Fsp3) is 0.364. The van der Waals surface area contributed by atoms with E-state index in [-0.39, 0.29) is 11.5 Å². The molecule has 1 aliphatic heterocycles. The Kier molecular flexibility index (Phi) is 3.44. The van der Waals surface area contributed by atoms with E-state index in [1.807, 2.05) is 0 Å². The van der Waals surface area contributed by atoms with Gasteiger partial charge in [-0.25, -0.2) is 0 Å². The summed E-state index contributed by atoms with van der Waals surface area (Å²) in [6.07, 6.45) is 0. The maximum absolute atomic E-state index is 11.5. The van der Waals surface area contributed by atoms with Gasteiger partial charge >= 0.3 is 0 Å². The van der Waals surface area contributed by atoms with Crippen LogP contribution in [0.5, 0.6) is 0 Å². The molecule has 0 amide bonds. The number of carbonyl (C=O) groups excluding carboxylic acids is 1. The second-order valence-electron chi connectivity index (χ2n) is 3.77. The van der Waals surface area contributed by atoms with Crippen LogP contribution in [0.25, 0.3) is 0 Å². The Morgan fingerprint density at radius 1 is 1.53 bits per heavy atom. The van der Waals surface area contributed by atoms with Crippen LogP contribution < -0.4 is 0 Å². The SMILES string of the molecule is CC(=O)c1cc([N+](=O)[O-])ccc1SC1COC1. The Morgan fingerprint density at radius 3 is 2.71 bits per heavy atom. The molecule has 2 rings (SSSR count). The van der Waals surface area contributed by atoms with Crippen LogP contribution in [0.2, 0.25) is 0 Å². The number of nitro benzene ring substituents is 1. The summed E-state index contributed by atoms with van der Waals surface area (Å²) in [5, 5.41) is 11.0. The molecule has 0 saturated carbocycles. The molecule has 0 aromatic heterocycles. The van der Waals surface area contributed by atoms with Crippen molar-refractivity contribution in [3.8, 4) is 0 Å². The number of ether oxygens (including phenoxy) is 1. The van der Waals surface area contributed by atoms with Crippen LogP contribution in [0.1, 0.15) is 17.3 Å². The third-order valence-corrected chi connectivity index (χ3v) is 3.67. The molecule has 6 heteroatoms. The predicted octanol–water partition coefficient (Wildman–Crippen LogP) is 2.29. The van der Waals surface area contributed by atoms with E-state index >= 15 is 0 Å². The van der Waals surface area contributed by atoms with Crippen LogP contribution in [0.3, 0.4) is 0 Å². The molecule has 0 aliphatic carbocycles. The summed E-state index contributed by atoms with van der Waals surface area (Å²) in [7, 11) is 0. The smallest absolute Gasteiger partial charge is 0.270 e. The molecule has 1 saturated heterocycles. The lowest BCUT2D eigenvalue weighted by atomic mass is 10.1. The molecule has 1 fully saturated rings. The second-order valence-corrected chi connectivity index (χ2v) is 5.11. The van der Waals surface area contributed by atoms with E-state index in [9.17, 15) is 14.9 Å². The van der Waals surface area contributed by atoms with E-state index in [4.69, 9.17) is 4.74 Å². The summed E-state index contributed by atoms with van der Waals surface area (Å²) in [4.78, 5) is 22.4. The fourth-order valence-corrected chi connectivity index (χ4v) is 2.63. The summed E-state index contributed by atoms with van der Waals surface area (Å²) in [6, 6.07) is 4.40. The van der Waals surface area contributed by atoms with Gasteiger partial charge < -0.3 is 4.74 Å². The van der Waals surface area contributed by atoms with Gasteiger partial charge in [-0.3, -0.25) is 14.9 Å². The number of hydrogen-bond acceptors (Lipinski definition) is 5. The highest BCUT2D eigenvalue weighted by Crippen LogP contribution is 2.32. The first-order valence-corrected chi connectivity index (χ1v) is 5.99. The Morgan fingerprint density at radius 2 is 2.24 bits per heavy atom. The number of nitrogens with zero attached hydrogens (tertiary/aromatic N) is 1. The number of carbonyl (C=O) groups is 1. The predicted molar refractivity (Wildman–Crippen MR) is 63.6 cm³/mol. The third kappa shape index (κ3) is 2.65. The highest BCUT2D eigenvalue weighted by Gasteiger charge is 2.22. The van der Waals surface area contributed by atoms with Crippen LogP contribution in [0.15, 0.2) is 23.1 Å². The fourth-order valence-electron chi connectivity index (χ4n) is 1.47. The number of Topliss-reactive ketones (excluding diaryl/α,β-unsaturated/α-hetero) is 1. The summed E-state index contributed by atoms with van der Waals surface area (Å²) in [5.74, 6) is -0.156. The zero-order valence-corrected chi connectivity index (χ0v) is 10.0. The van der Waals surface area contributed by atoms with Crippen molar-refractivity contribution in [2.75, 3.05) is 13.2 Å². The summed E-state index contributed by atoms with van der Waals surface area (Å²) in [5.41, 5.74) is 0.362. The Balaban J connectivity index is 2.30. The van der Waals surface area contributed by atoms with Crippen LogP contribution in [-0.2, 0) is 4.74 Å². The molecule has 0 radical (unpaired) electrons. The van der Waals surface area contributed by atoms with Crippen molar-refractivity contribution in [2.24, 2.45) is 0 Å². The zero-order valence-electron chi connectivity index (χ0n) is 9.21. The van der Waals surface area contributed by atoms with E-state index in [2.05, 4.69) is 0 Å². The lowest BCUT2D eigenvalue weighted by Gasteiger charge is -2.25. The lowest BCUT2D eigenvalue weighted by molar-refractivity contribution is -0.384. The molecule has 0 bridgehead atoms. The van der Waals surface area contributed by atoms with Crippen LogP contribution in [0, 0.1) is 10.1 Å². The first kappa shape index (κ1) is 12.1. The average Bonchev–Trinajstić information content (AvgIpc) is 2.23. The minimum absolute atomic E-state index is 0.0515. The summed E-state index contributed by atoms with van der Waals surface area (Å²) in [6.45, 7) is 2.75. The molecule has 1 aliphatic rings. The molecule has 5 nitrogen and oxygen atoms in total. The standard InChI is InChI=1S/C11H11NO4S/c1-7(13)10-4-8(12(14)15)2-3-11(10)17-9-5-16-6-9/h2-4,9H,5-6H2,1H3. The maximum atomic E-state index is 11.5. The third-order valence-electron chi connectivity index (χ3n) is 2.45. The summed E-state index contributed by atoms with van der Waals surface area (Å²) >= 11 is 1.54. The minimum Gasteiger partial charge on any atom is -0.379 e. The number of benzene rings is 1. The Bertz CT molecular complexity index is 471.